The van der Waals surface area contributed by atoms with Gasteiger partial charge in [0, 0.05) is 17.2 Å². The molecule has 1 aliphatic heterocycles. The van der Waals surface area contributed by atoms with Gasteiger partial charge >= 0.3 is 6.18 Å². The number of alkyl halides is 3. The molecule has 2 aromatic carbocycles. The lowest BCUT2D eigenvalue weighted by Crippen LogP contribution is -2.60. The van der Waals surface area contributed by atoms with Gasteiger partial charge in [-0.05, 0) is 32.0 Å². The second-order valence-electron chi connectivity index (χ2n) is 6.39. The van der Waals surface area contributed by atoms with Crippen LogP contribution in [0.25, 0.3) is 0 Å². The van der Waals surface area contributed by atoms with Crippen molar-refractivity contribution in [2.75, 3.05) is 0 Å². The monoisotopic (exact) mass is 363 g/mol. The van der Waals surface area contributed by atoms with Crippen LogP contribution in [-0.2, 0) is 11.9 Å². The number of ketones is 1. The lowest BCUT2D eigenvalue weighted by atomic mass is 9.83. The molecule has 2 aromatic rings. The van der Waals surface area contributed by atoms with Crippen LogP contribution < -0.4 is 0 Å². The summed E-state index contributed by atoms with van der Waals surface area (Å²) in [7, 11) is 0. The van der Waals surface area contributed by atoms with Crippen molar-refractivity contribution in [1.82, 2.24) is 4.90 Å². The SMILES string of the molecule is CC(C)N1C(=O)c2ccccc2C(=O)C1(O)c1cccc(C(F)(F)F)c1. The van der Waals surface area contributed by atoms with Gasteiger partial charge in [-0.3, -0.25) is 14.5 Å². The van der Waals surface area contributed by atoms with Crippen LogP contribution in [0.1, 0.15) is 45.7 Å². The van der Waals surface area contributed by atoms with Crippen LogP contribution >= 0.6 is 0 Å². The van der Waals surface area contributed by atoms with Crippen molar-refractivity contribution in [1.29, 1.82) is 0 Å². The van der Waals surface area contributed by atoms with Crippen molar-refractivity contribution < 1.29 is 27.9 Å². The summed E-state index contributed by atoms with van der Waals surface area (Å²) >= 11 is 0. The fourth-order valence-corrected chi connectivity index (χ4v) is 3.23. The standard InChI is InChI=1S/C19H16F3NO3/c1-11(2)23-17(25)15-9-4-3-8-14(15)16(24)18(23,26)12-6-5-7-13(10-12)19(20,21)22/h3-11,26H,1-2H3. The Labute approximate surface area is 147 Å². The number of hydrogen-bond donors (Lipinski definition) is 1. The van der Waals surface area contributed by atoms with Gasteiger partial charge in [-0.1, -0.05) is 30.3 Å². The van der Waals surface area contributed by atoms with Crippen LogP contribution in [0.2, 0.25) is 0 Å². The topological polar surface area (TPSA) is 57.6 Å². The molecule has 4 nitrogen and oxygen atoms in total. The molecule has 1 N–H and O–H groups in total. The predicted octanol–water partition coefficient (Wildman–Crippen LogP) is 3.60. The van der Waals surface area contributed by atoms with Gasteiger partial charge in [-0.15, -0.1) is 0 Å². The Bertz CT molecular complexity index is 892. The van der Waals surface area contributed by atoms with Gasteiger partial charge in [0.25, 0.3) is 5.91 Å². The zero-order chi connectivity index (χ0) is 19.3. The molecule has 0 aromatic heterocycles. The van der Waals surface area contributed by atoms with Gasteiger partial charge in [0.1, 0.15) is 0 Å². The Kier molecular flexibility index (Phi) is 4.15. The van der Waals surface area contributed by atoms with Crippen LogP contribution in [0.3, 0.4) is 0 Å². The maximum atomic E-state index is 13.1. The Morgan fingerprint density at radius 2 is 1.62 bits per heavy atom. The number of aliphatic hydroxyl groups is 1. The molecular weight excluding hydrogens is 347 g/mol. The normalized spacial score (nSPS) is 20.5. The molecule has 136 valence electrons. The van der Waals surface area contributed by atoms with E-state index in [-0.39, 0.29) is 16.7 Å². The van der Waals surface area contributed by atoms with Crippen LogP contribution in [-0.4, -0.2) is 27.7 Å². The molecule has 0 aliphatic carbocycles. The average Bonchev–Trinajstić information content (AvgIpc) is 2.59. The van der Waals surface area contributed by atoms with E-state index in [9.17, 15) is 27.9 Å². The zero-order valence-corrected chi connectivity index (χ0v) is 14.0. The Hall–Kier alpha value is -2.67. The number of fused-ring (bicyclic) bond motifs is 1. The van der Waals surface area contributed by atoms with E-state index >= 15 is 0 Å². The van der Waals surface area contributed by atoms with E-state index in [0.29, 0.717) is 6.07 Å². The van der Waals surface area contributed by atoms with E-state index < -0.39 is 35.2 Å². The summed E-state index contributed by atoms with van der Waals surface area (Å²) < 4.78 is 39.2. The number of hydrogen-bond acceptors (Lipinski definition) is 3. The molecule has 0 bridgehead atoms. The Morgan fingerprint density at radius 3 is 2.19 bits per heavy atom. The third-order valence-electron chi connectivity index (χ3n) is 4.39. The molecule has 1 heterocycles. The number of amides is 1. The summed E-state index contributed by atoms with van der Waals surface area (Å²) in [5.41, 5.74) is -3.72. The third-order valence-corrected chi connectivity index (χ3v) is 4.39. The molecule has 1 aliphatic rings. The number of carbonyl (C=O) groups excluding carboxylic acids is 2. The van der Waals surface area contributed by atoms with Gasteiger partial charge in [0.2, 0.25) is 11.5 Å². The molecule has 3 rings (SSSR count). The maximum Gasteiger partial charge on any atom is 0.416 e. The van der Waals surface area contributed by atoms with Gasteiger partial charge in [0.05, 0.1) is 11.1 Å². The van der Waals surface area contributed by atoms with Crippen molar-refractivity contribution >= 4 is 11.7 Å². The molecule has 1 amide bonds. The Morgan fingerprint density at radius 1 is 1.00 bits per heavy atom. The van der Waals surface area contributed by atoms with E-state index in [1.165, 1.54) is 24.3 Å². The van der Waals surface area contributed by atoms with Gasteiger partial charge in [0.15, 0.2) is 0 Å². The molecule has 0 spiro atoms. The maximum absolute atomic E-state index is 13.1. The van der Waals surface area contributed by atoms with Gasteiger partial charge in [-0.2, -0.15) is 13.2 Å². The van der Waals surface area contributed by atoms with Crippen molar-refractivity contribution in [2.24, 2.45) is 0 Å². The highest BCUT2D eigenvalue weighted by molar-refractivity contribution is 6.16. The molecule has 0 saturated carbocycles. The second-order valence-corrected chi connectivity index (χ2v) is 6.39. The summed E-state index contributed by atoms with van der Waals surface area (Å²) in [6.07, 6.45) is -4.64. The van der Waals surface area contributed by atoms with Crippen LogP contribution in [0.5, 0.6) is 0 Å². The highest BCUT2D eigenvalue weighted by Gasteiger charge is 2.53. The van der Waals surface area contributed by atoms with Crippen LogP contribution in [0.4, 0.5) is 13.2 Å². The highest BCUT2D eigenvalue weighted by atomic mass is 19.4. The first-order chi connectivity index (χ1) is 12.1. The number of rotatable bonds is 2. The fraction of sp³-hybridized carbons (Fsp3) is 0.263. The molecule has 0 radical (unpaired) electrons. The van der Waals surface area contributed by atoms with Crippen molar-refractivity contribution in [3.63, 3.8) is 0 Å². The first-order valence-corrected chi connectivity index (χ1v) is 7.96. The first kappa shape index (κ1) is 18.1. The minimum atomic E-state index is -4.64. The smallest absolute Gasteiger partial charge is 0.360 e. The first-order valence-electron chi connectivity index (χ1n) is 7.96. The van der Waals surface area contributed by atoms with Crippen molar-refractivity contribution in [3.8, 4) is 0 Å². The molecule has 7 heteroatoms. The van der Waals surface area contributed by atoms with Crippen molar-refractivity contribution in [3.05, 3.63) is 70.8 Å². The zero-order valence-electron chi connectivity index (χ0n) is 14.0. The van der Waals surface area contributed by atoms with Crippen LogP contribution in [0, 0.1) is 0 Å². The summed E-state index contributed by atoms with van der Waals surface area (Å²) in [6.45, 7) is 3.16. The number of halogens is 3. The minimum absolute atomic E-state index is 0.0192. The van der Waals surface area contributed by atoms with E-state index in [1.54, 1.807) is 19.9 Å². The second kappa shape index (κ2) is 5.95. The molecule has 0 fully saturated rings. The van der Waals surface area contributed by atoms with E-state index in [0.717, 1.165) is 17.0 Å². The number of nitrogens with zero attached hydrogens (tertiary/aromatic N) is 1. The molecule has 1 unspecified atom stereocenters. The summed E-state index contributed by atoms with van der Waals surface area (Å²) in [5, 5.41) is 11.2. The summed E-state index contributed by atoms with van der Waals surface area (Å²) in [6, 6.07) is 9.18. The number of Topliss-reactive ketones (excluding diaryl/α,β-unsaturated/α-hetero) is 1. The summed E-state index contributed by atoms with van der Waals surface area (Å²) in [5.74, 6) is -1.45. The third kappa shape index (κ3) is 2.59. The van der Waals surface area contributed by atoms with Gasteiger partial charge < -0.3 is 5.11 Å². The van der Waals surface area contributed by atoms with E-state index in [1.807, 2.05) is 0 Å². The molecule has 26 heavy (non-hydrogen) atoms. The average molecular weight is 363 g/mol. The van der Waals surface area contributed by atoms with E-state index in [2.05, 4.69) is 0 Å². The summed E-state index contributed by atoms with van der Waals surface area (Å²) in [4.78, 5) is 26.8. The van der Waals surface area contributed by atoms with Gasteiger partial charge in [-0.25, -0.2) is 0 Å². The molecule has 0 saturated heterocycles. The van der Waals surface area contributed by atoms with Crippen molar-refractivity contribution in [2.45, 2.75) is 31.8 Å². The number of carbonyl (C=O) groups is 2. The fourth-order valence-electron chi connectivity index (χ4n) is 3.23. The highest BCUT2D eigenvalue weighted by Crippen LogP contribution is 2.40. The number of benzene rings is 2. The quantitative estimate of drug-likeness (QED) is 0.887. The Balaban J connectivity index is 2.27. The predicted molar refractivity (Wildman–Crippen MR) is 87.4 cm³/mol. The van der Waals surface area contributed by atoms with E-state index in [4.69, 9.17) is 0 Å². The largest absolute Gasteiger partial charge is 0.416 e. The molecular formula is C19H16F3NO3. The minimum Gasteiger partial charge on any atom is -0.360 e. The lowest BCUT2D eigenvalue weighted by Gasteiger charge is -2.44. The van der Waals surface area contributed by atoms with Crippen LogP contribution in [0.15, 0.2) is 48.5 Å². The lowest BCUT2D eigenvalue weighted by molar-refractivity contribution is -0.138. The molecule has 1 atom stereocenters.